The van der Waals surface area contributed by atoms with E-state index in [1.807, 2.05) is 29.7 Å². The first-order valence-corrected chi connectivity index (χ1v) is 7.55. The number of hydrogen-bond donors (Lipinski definition) is 2. The Kier molecular flexibility index (Phi) is 4.85. The van der Waals surface area contributed by atoms with Gasteiger partial charge in [-0.2, -0.15) is 0 Å². The van der Waals surface area contributed by atoms with Crippen LogP contribution < -0.4 is 5.73 Å². The number of imidazole rings is 1. The number of carbonyl (C=O) groups is 2. The predicted molar refractivity (Wildman–Crippen MR) is 81.3 cm³/mol. The highest BCUT2D eigenvalue weighted by molar-refractivity contribution is 7.99. The highest BCUT2D eigenvalue weighted by Gasteiger charge is 2.13. The lowest BCUT2D eigenvalue weighted by Crippen LogP contribution is -2.12. The van der Waals surface area contributed by atoms with Crippen molar-refractivity contribution in [3.05, 3.63) is 23.8 Å². The number of aliphatic carboxylic acids is 1. The van der Waals surface area contributed by atoms with E-state index in [0.29, 0.717) is 24.5 Å². The number of hydrogen-bond acceptors (Lipinski definition) is 4. The molecule has 0 atom stereocenters. The van der Waals surface area contributed by atoms with Crippen LogP contribution in [0.15, 0.2) is 23.4 Å². The quantitative estimate of drug-likeness (QED) is 0.760. The molecule has 0 aliphatic heterocycles. The number of benzene rings is 1. The van der Waals surface area contributed by atoms with Gasteiger partial charge in [-0.1, -0.05) is 17.8 Å². The summed E-state index contributed by atoms with van der Waals surface area (Å²) in [6.07, 6.45) is 0.907. The van der Waals surface area contributed by atoms with Crippen LogP contribution >= 0.6 is 11.8 Å². The van der Waals surface area contributed by atoms with Crippen LogP contribution in [-0.2, 0) is 16.1 Å². The third-order valence-corrected chi connectivity index (χ3v) is 3.96. The van der Waals surface area contributed by atoms with Gasteiger partial charge in [-0.3, -0.25) is 9.59 Å². The van der Waals surface area contributed by atoms with E-state index in [1.165, 1.54) is 11.8 Å². The van der Waals surface area contributed by atoms with Gasteiger partial charge >= 0.3 is 5.97 Å². The molecule has 0 spiro atoms. The second-order valence-corrected chi connectivity index (χ2v) is 5.73. The van der Waals surface area contributed by atoms with Crippen LogP contribution in [0.3, 0.4) is 0 Å². The number of carboxylic acids is 1. The number of amides is 1. The molecule has 0 fully saturated rings. The molecule has 3 N–H and O–H groups in total. The number of fused-ring (bicyclic) bond motifs is 1. The minimum atomic E-state index is -0.882. The van der Waals surface area contributed by atoms with Gasteiger partial charge in [-0.25, -0.2) is 4.98 Å². The van der Waals surface area contributed by atoms with E-state index in [1.54, 1.807) is 0 Å². The number of carbonyl (C=O) groups excluding carboxylic acids is 1. The summed E-state index contributed by atoms with van der Waals surface area (Å²) < 4.78 is 1.95. The smallest absolute Gasteiger partial charge is 0.313 e. The lowest BCUT2D eigenvalue weighted by Gasteiger charge is -2.07. The normalized spacial score (nSPS) is 10.9. The van der Waals surface area contributed by atoms with Crippen molar-refractivity contribution >= 4 is 34.7 Å². The fraction of sp³-hybridized carbons (Fsp3) is 0.357. The minimum absolute atomic E-state index is 0.0435. The SMILES string of the molecule is Cc1ccc2c(c1)nc(SCC(=O)O)n2CCCC(N)=O. The van der Waals surface area contributed by atoms with Gasteiger partial charge in [0.1, 0.15) is 0 Å². The first kappa shape index (κ1) is 15.4. The Balaban J connectivity index is 2.29. The van der Waals surface area contributed by atoms with E-state index in [0.717, 1.165) is 16.6 Å². The number of nitrogens with two attached hydrogens (primary N) is 1. The van der Waals surface area contributed by atoms with Crippen molar-refractivity contribution in [2.45, 2.75) is 31.5 Å². The molecule has 7 heteroatoms. The predicted octanol–water partition coefficient (Wildman–Crippen LogP) is 1.79. The molecule has 1 aromatic heterocycles. The average Bonchev–Trinajstić information content (AvgIpc) is 2.73. The van der Waals surface area contributed by atoms with Gasteiger partial charge in [-0.15, -0.1) is 0 Å². The van der Waals surface area contributed by atoms with Crippen molar-refractivity contribution in [3.8, 4) is 0 Å². The zero-order chi connectivity index (χ0) is 15.4. The molecule has 0 saturated heterocycles. The minimum Gasteiger partial charge on any atom is -0.481 e. The molecule has 0 aliphatic rings. The van der Waals surface area contributed by atoms with Crippen LogP contribution in [0.1, 0.15) is 18.4 Å². The number of aryl methyl sites for hydroxylation is 2. The van der Waals surface area contributed by atoms with E-state index >= 15 is 0 Å². The van der Waals surface area contributed by atoms with Gasteiger partial charge in [0.15, 0.2) is 5.16 Å². The molecule has 0 unspecified atom stereocenters. The van der Waals surface area contributed by atoms with Crippen LogP contribution in [0.5, 0.6) is 0 Å². The third-order valence-electron chi connectivity index (χ3n) is 3.00. The first-order valence-electron chi connectivity index (χ1n) is 6.57. The molecule has 0 radical (unpaired) electrons. The van der Waals surface area contributed by atoms with E-state index in [-0.39, 0.29) is 11.7 Å². The molecular formula is C14H17N3O3S. The maximum atomic E-state index is 10.9. The molecule has 21 heavy (non-hydrogen) atoms. The van der Waals surface area contributed by atoms with E-state index in [2.05, 4.69) is 4.98 Å². The van der Waals surface area contributed by atoms with Gasteiger partial charge in [0, 0.05) is 13.0 Å². The Morgan fingerprint density at radius 1 is 1.43 bits per heavy atom. The Morgan fingerprint density at radius 2 is 2.19 bits per heavy atom. The molecule has 0 bridgehead atoms. The Hall–Kier alpha value is -2.02. The molecule has 2 rings (SSSR count). The summed E-state index contributed by atoms with van der Waals surface area (Å²) in [6, 6.07) is 5.91. The number of thioether (sulfide) groups is 1. The summed E-state index contributed by atoms with van der Waals surface area (Å²) in [7, 11) is 0. The standard InChI is InChI=1S/C14H17N3O3S/c1-9-4-5-11-10(7-9)16-14(21-8-13(19)20)17(11)6-2-3-12(15)18/h4-5,7H,2-3,6,8H2,1H3,(H2,15,18)(H,19,20). The van der Waals surface area contributed by atoms with Crippen molar-refractivity contribution in [2.24, 2.45) is 5.73 Å². The van der Waals surface area contributed by atoms with Crippen LogP contribution in [0, 0.1) is 6.92 Å². The number of rotatable bonds is 7. The molecule has 112 valence electrons. The molecule has 1 amide bonds. The van der Waals surface area contributed by atoms with Crippen molar-refractivity contribution < 1.29 is 14.7 Å². The highest BCUT2D eigenvalue weighted by atomic mass is 32.2. The molecule has 6 nitrogen and oxygen atoms in total. The molecule has 2 aromatic rings. The zero-order valence-corrected chi connectivity index (χ0v) is 12.5. The fourth-order valence-electron chi connectivity index (χ4n) is 2.08. The number of aromatic nitrogens is 2. The van der Waals surface area contributed by atoms with Crippen LogP contribution in [0.25, 0.3) is 11.0 Å². The zero-order valence-electron chi connectivity index (χ0n) is 11.7. The maximum absolute atomic E-state index is 10.9. The number of primary amides is 1. The van der Waals surface area contributed by atoms with Gasteiger partial charge in [0.2, 0.25) is 5.91 Å². The second kappa shape index (κ2) is 6.62. The molecule has 0 aliphatic carbocycles. The molecular weight excluding hydrogens is 290 g/mol. The number of carboxylic acid groups (broad SMARTS) is 1. The number of nitrogens with zero attached hydrogens (tertiary/aromatic N) is 2. The molecule has 1 aromatic carbocycles. The summed E-state index contributed by atoms with van der Waals surface area (Å²) in [5.41, 5.74) is 8.03. The lowest BCUT2D eigenvalue weighted by molar-refractivity contribution is -0.133. The summed E-state index contributed by atoms with van der Waals surface area (Å²) in [6.45, 7) is 2.57. The van der Waals surface area contributed by atoms with E-state index < -0.39 is 5.97 Å². The largest absolute Gasteiger partial charge is 0.481 e. The van der Waals surface area contributed by atoms with Gasteiger partial charge in [0.05, 0.1) is 16.8 Å². The van der Waals surface area contributed by atoms with Crippen LogP contribution in [-0.4, -0.2) is 32.3 Å². The van der Waals surface area contributed by atoms with Gasteiger partial charge in [0.25, 0.3) is 0 Å². The third kappa shape index (κ3) is 3.98. The summed E-state index contributed by atoms with van der Waals surface area (Å²) >= 11 is 1.18. The maximum Gasteiger partial charge on any atom is 0.313 e. The second-order valence-electron chi connectivity index (χ2n) is 4.79. The summed E-state index contributed by atoms with van der Waals surface area (Å²) in [4.78, 5) is 26.1. The van der Waals surface area contributed by atoms with Gasteiger partial charge in [-0.05, 0) is 31.0 Å². The van der Waals surface area contributed by atoms with E-state index in [4.69, 9.17) is 10.8 Å². The Morgan fingerprint density at radius 3 is 2.86 bits per heavy atom. The highest BCUT2D eigenvalue weighted by Crippen LogP contribution is 2.25. The van der Waals surface area contributed by atoms with Crippen molar-refractivity contribution in [2.75, 3.05) is 5.75 Å². The van der Waals surface area contributed by atoms with Crippen molar-refractivity contribution in [3.63, 3.8) is 0 Å². The van der Waals surface area contributed by atoms with E-state index in [9.17, 15) is 9.59 Å². The van der Waals surface area contributed by atoms with Crippen LogP contribution in [0.4, 0.5) is 0 Å². The van der Waals surface area contributed by atoms with Crippen LogP contribution in [0.2, 0.25) is 0 Å². The molecule has 0 saturated carbocycles. The van der Waals surface area contributed by atoms with Crippen molar-refractivity contribution in [1.82, 2.24) is 9.55 Å². The summed E-state index contributed by atoms with van der Waals surface area (Å²) in [5, 5.41) is 9.47. The van der Waals surface area contributed by atoms with Gasteiger partial charge < -0.3 is 15.4 Å². The monoisotopic (exact) mass is 307 g/mol. The average molecular weight is 307 g/mol. The first-order chi connectivity index (χ1) is 9.97. The molecule has 1 heterocycles. The Bertz CT molecular complexity index is 681. The summed E-state index contributed by atoms with van der Waals surface area (Å²) in [5.74, 6) is -1.26. The van der Waals surface area contributed by atoms with Crippen molar-refractivity contribution in [1.29, 1.82) is 0 Å². The Labute approximate surface area is 126 Å². The fourth-order valence-corrected chi connectivity index (χ4v) is 2.84. The topological polar surface area (TPSA) is 98.2 Å². The lowest BCUT2D eigenvalue weighted by atomic mass is 10.2.